The maximum Gasteiger partial charge on any atom is 0.228 e. The highest BCUT2D eigenvalue weighted by atomic mass is 16.2. The summed E-state index contributed by atoms with van der Waals surface area (Å²) in [4.78, 5) is 32.6. The summed E-state index contributed by atoms with van der Waals surface area (Å²) >= 11 is 0. The highest BCUT2D eigenvalue weighted by Gasteiger charge is 2.70. The fourth-order valence-corrected chi connectivity index (χ4v) is 9.67. The third-order valence-corrected chi connectivity index (χ3v) is 11.2. The Bertz CT molecular complexity index is 1000. The largest absolute Gasteiger partial charge is 0.342 e. The van der Waals surface area contributed by atoms with Crippen molar-refractivity contribution in [3.05, 3.63) is 24.0 Å². The van der Waals surface area contributed by atoms with Gasteiger partial charge >= 0.3 is 0 Å². The third-order valence-electron chi connectivity index (χ3n) is 11.2. The fourth-order valence-electron chi connectivity index (χ4n) is 9.67. The van der Waals surface area contributed by atoms with E-state index in [2.05, 4.69) is 36.1 Å². The SMILES string of the molecule is Cc1cc(NC(=O)[C@H]2CC[C@H]3C4CC5(CC5)C5N(C)C(=O)CC[C@]5(C)C4CC[C@]23C)ccn1. The fraction of sp³-hybridized carbons (Fsp3) is 0.750. The Hall–Kier alpha value is -1.91. The van der Waals surface area contributed by atoms with Crippen molar-refractivity contribution >= 4 is 17.5 Å². The van der Waals surface area contributed by atoms with Gasteiger partial charge in [-0.2, -0.15) is 0 Å². The molecule has 4 aliphatic carbocycles. The molecule has 178 valence electrons. The average Bonchev–Trinajstić information content (AvgIpc) is 3.42. The van der Waals surface area contributed by atoms with Crippen LogP contribution < -0.4 is 5.32 Å². The maximum atomic E-state index is 13.5. The van der Waals surface area contributed by atoms with Crippen molar-refractivity contribution in [1.29, 1.82) is 0 Å². The second kappa shape index (κ2) is 7.05. The Morgan fingerprint density at radius 2 is 1.85 bits per heavy atom. The lowest BCUT2D eigenvalue weighted by Crippen LogP contribution is -2.65. The summed E-state index contributed by atoms with van der Waals surface area (Å²) in [5.74, 6) is 2.67. The number of rotatable bonds is 2. The van der Waals surface area contributed by atoms with E-state index < -0.39 is 0 Å². The molecular weight excluding hydrogens is 410 g/mol. The smallest absolute Gasteiger partial charge is 0.228 e. The molecule has 33 heavy (non-hydrogen) atoms. The first-order valence-corrected chi connectivity index (χ1v) is 13.2. The van der Waals surface area contributed by atoms with Crippen LogP contribution in [0.15, 0.2) is 18.3 Å². The van der Waals surface area contributed by atoms with Crippen LogP contribution in [0.5, 0.6) is 0 Å². The van der Waals surface area contributed by atoms with Crippen LogP contribution in [-0.2, 0) is 9.59 Å². The first-order chi connectivity index (χ1) is 15.7. The van der Waals surface area contributed by atoms with Crippen LogP contribution in [0.25, 0.3) is 0 Å². The predicted octanol–water partition coefficient (Wildman–Crippen LogP) is 5.20. The Balaban J connectivity index is 1.28. The topological polar surface area (TPSA) is 62.3 Å². The molecule has 0 bridgehead atoms. The first-order valence-electron chi connectivity index (χ1n) is 13.2. The van der Waals surface area contributed by atoms with E-state index in [1.165, 1.54) is 32.1 Å². The lowest BCUT2D eigenvalue weighted by Gasteiger charge is -2.64. The molecule has 1 N–H and O–H groups in total. The molecule has 2 heterocycles. The lowest BCUT2D eigenvalue weighted by atomic mass is 9.44. The molecule has 1 saturated heterocycles. The number of amides is 2. The summed E-state index contributed by atoms with van der Waals surface area (Å²) in [6.07, 6.45) is 11.9. The van der Waals surface area contributed by atoms with Crippen LogP contribution in [-0.4, -0.2) is 34.8 Å². The number of likely N-dealkylation sites (tertiary alicyclic amines) is 1. The quantitative estimate of drug-likeness (QED) is 0.675. The van der Waals surface area contributed by atoms with E-state index >= 15 is 0 Å². The van der Waals surface area contributed by atoms with Gasteiger partial charge in [0.25, 0.3) is 0 Å². The Morgan fingerprint density at radius 3 is 2.58 bits per heavy atom. The van der Waals surface area contributed by atoms with E-state index in [-0.39, 0.29) is 22.7 Å². The van der Waals surface area contributed by atoms with Gasteiger partial charge in [-0.15, -0.1) is 0 Å². The third kappa shape index (κ3) is 2.99. The van der Waals surface area contributed by atoms with Gasteiger partial charge in [0.05, 0.1) is 0 Å². The number of anilines is 1. The van der Waals surface area contributed by atoms with E-state index in [4.69, 9.17) is 0 Å². The van der Waals surface area contributed by atoms with Crippen molar-refractivity contribution in [2.75, 3.05) is 12.4 Å². The zero-order chi connectivity index (χ0) is 23.2. The summed E-state index contributed by atoms with van der Waals surface area (Å²) in [6, 6.07) is 4.28. The number of carbonyl (C=O) groups excluding carboxylic acids is 2. The predicted molar refractivity (Wildman–Crippen MR) is 128 cm³/mol. The normalized spacial score (nSPS) is 43.0. The van der Waals surface area contributed by atoms with Crippen molar-refractivity contribution in [2.45, 2.75) is 84.6 Å². The molecule has 0 radical (unpaired) electrons. The molecule has 5 aliphatic rings. The summed E-state index contributed by atoms with van der Waals surface area (Å²) in [5.41, 5.74) is 2.46. The summed E-state index contributed by atoms with van der Waals surface area (Å²) in [7, 11) is 2.08. The van der Waals surface area contributed by atoms with Crippen LogP contribution in [0.3, 0.4) is 0 Å². The van der Waals surface area contributed by atoms with Crippen LogP contribution in [0.1, 0.15) is 77.3 Å². The molecule has 4 saturated carbocycles. The standard InChI is InChI=1S/C28H39N3O2/c1-17-15-18(9-14-29-17)30-24(33)22-6-5-20-19-16-28(12-13-28)25-27(3,11-8-23(32)31(25)4)21(19)7-10-26(20,22)2/h9,14-15,19-22,25H,5-8,10-13,16H2,1-4H3,(H,29,30,33)/t19?,20-,21?,22+,25?,26-,27+/m0/s1. The summed E-state index contributed by atoms with van der Waals surface area (Å²) in [6.45, 7) is 6.91. The summed E-state index contributed by atoms with van der Waals surface area (Å²) < 4.78 is 0. The van der Waals surface area contributed by atoms with Crippen LogP contribution in [0.2, 0.25) is 0 Å². The Kier molecular flexibility index (Phi) is 4.62. The Morgan fingerprint density at radius 1 is 1.09 bits per heavy atom. The molecule has 1 aromatic rings. The monoisotopic (exact) mass is 449 g/mol. The minimum Gasteiger partial charge on any atom is -0.342 e. The van der Waals surface area contributed by atoms with Gasteiger partial charge in [-0.1, -0.05) is 13.8 Å². The van der Waals surface area contributed by atoms with Crippen LogP contribution >= 0.6 is 0 Å². The second-order valence-corrected chi connectivity index (χ2v) is 12.7. The minimum absolute atomic E-state index is 0.0863. The van der Waals surface area contributed by atoms with Gasteiger partial charge in [0.15, 0.2) is 0 Å². The molecule has 5 fully saturated rings. The molecule has 5 nitrogen and oxygen atoms in total. The number of piperidine rings is 1. The second-order valence-electron chi connectivity index (χ2n) is 12.7. The van der Waals surface area contributed by atoms with Gasteiger partial charge in [0, 0.05) is 43.0 Å². The number of nitrogens with zero attached hydrogens (tertiary/aromatic N) is 2. The van der Waals surface area contributed by atoms with Crippen molar-refractivity contribution in [3.8, 4) is 0 Å². The van der Waals surface area contributed by atoms with Gasteiger partial charge in [-0.05, 0) is 104 Å². The molecule has 6 rings (SSSR count). The van der Waals surface area contributed by atoms with E-state index in [1.807, 2.05) is 19.1 Å². The number of hydrogen-bond donors (Lipinski definition) is 1. The number of carbonyl (C=O) groups is 2. The van der Waals surface area contributed by atoms with E-state index in [0.717, 1.165) is 30.6 Å². The Labute approximate surface area is 198 Å². The molecule has 1 aliphatic heterocycles. The zero-order valence-corrected chi connectivity index (χ0v) is 20.7. The number of nitrogens with one attached hydrogen (secondary N) is 1. The highest BCUT2D eigenvalue weighted by Crippen LogP contribution is 2.73. The van der Waals surface area contributed by atoms with Crippen LogP contribution in [0.4, 0.5) is 5.69 Å². The lowest BCUT2D eigenvalue weighted by molar-refractivity contribution is -0.173. The van der Waals surface area contributed by atoms with E-state index in [0.29, 0.717) is 41.5 Å². The molecular formula is C28H39N3O2. The van der Waals surface area contributed by atoms with Crippen molar-refractivity contribution in [3.63, 3.8) is 0 Å². The first kappa shape index (κ1) is 21.6. The number of fused-ring (bicyclic) bond motifs is 6. The number of hydrogen-bond acceptors (Lipinski definition) is 3. The van der Waals surface area contributed by atoms with E-state index in [9.17, 15) is 9.59 Å². The molecule has 2 amide bonds. The highest BCUT2D eigenvalue weighted by molar-refractivity contribution is 5.93. The van der Waals surface area contributed by atoms with Gasteiger partial charge in [-0.25, -0.2) is 0 Å². The van der Waals surface area contributed by atoms with Crippen molar-refractivity contribution in [1.82, 2.24) is 9.88 Å². The molecule has 3 unspecified atom stereocenters. The van der Waals surface area contributed by atoms with E-state index in [1.54, 1.807) is 6.20 Å². The number of pyridine rings is 1. The van der Waals surface area contributed by atoms with Gasteiger partial charge < -0.3 is 10.2 Å². The molecule has 1 aromatic heterocycles. The molecule has 1 spiro atoms. The number of aromatic nitrogens is 1. The molecule has 0 aromatic carbocycles. The average molecular weight is 450 g/mol. The minimum atomic E-state index is 0.0863. The van der Waals surface area contributed by atoms with Gasteiger partial charge in [0.2, 0.25) is 11.8 Å². The number of aryl methyl sites for hydroxylation is 1. The maximum absolute atomic E-state index is 13.5. The summed E-state index contributed by atoms with van der Waals surface area (Å²) in [5, 5.41) is 3.22. The van der Waals surface area contributed by atoms with Gasteiger partial charge in [-0.3, -0.25) is 14.6 Å². The zero-order valence-electron chi connectivity index (χ0n) is 20.7. The molecule has 7 atom stereocenters. The van der Waals surface area contributed by atoms with Gasteiger partial charge in [0.1, 0.15) is 0 Å². The van der Waals surface area contributed by atoms with Crippen LogP contribution in [0, 0.1) is 46.8 Å². The van der Waals surface area contributed by atoms with Crippen molar-refractivity contribution < 1.29 is 9.59 Å². The molecule has 5 heteroatoms. The van der Waals surface area contributed by atoms with Crippen molar-refractivity contribution in [2.24, 2.45) is 39.9 Å².